The quantitative estimate of drug-likeness (QED) is 0.686. The molecule has 2 atom stereocenters. The number of amides is 1. The molecule has 1 aliphatic heterocycles. The van der Waals surface area contributed by atoms with Crippen LogP contribution in [0.3, 0.4) is 0 Å². The van der Waals surface area contributed by atoms with Crippen molar-refractivity contribution in [3.8, 4) is 0 Å². The van der Waals surface area contributed by atoms with Gasteiger partial charge in [-0.05, 0) is 38.1 Å². The molecule has 1 heterocycles. The number of carbonyl (C=O) groups is 1. The number of rotatable bonds is 3. The molecule has 1 aromatic carbocycles. The molecule has 6 nitrogen and oxygen atoms in total. The first-order valence-electron chi connectivity index (χ1n) is 6.82. The topological polar surface area (TPSA) is 75.5 Å². The zero-order chi connectivity index (χ0) is 15.6. The van der Waals surface area contributed by atoms with E-state index in [4.69, 9.17) is 11.6 Å². The first-order chi connectivity index (χ1) is 9.88. The third-order valence-corrected chi connectivity index (χ3v) is 4.15. The summed E-state index contributed by atoms with van der Waals surface area (Å²) in [6.45, 7) is 3.94. The fraction of sp³-hybridized carbons (Fsp3) is 0.500. The normalized spacial score (nSPS) is 22.8. The predicted octanol–water partition coefficient (Wildman–Crippen LogP) is 2.32. The molecule has 1 amide bonds. The number of nitro benzene ring substituents is 1. The first kappa shape index (κ1) is 15.7. The standard InChI is InChI=1S/C14H18ClN3O3/c1-9-8-17(2)6-5-12(9)16-14(19)10-3-4-11(15)13(7-10)18(20)21/h3-4,7,9,12H,5-6,8H2,1-2H3,(H,16,19). The third-order valence-electron chi connectivity index (χ3n) is 3.83. The monoisotopic (exact) mass is 311 g/mol. The molecule has 0 spiro atoms. The van der Waals surface area contributed by atoms with E-state index in [1.165, 1.54) is 18.2 Å². The average Bonchev–Trinajstić information content (AvgIpc) is 2.42. The van der Waals surface area contributed by atoms with E-state index >= 15 is 0 Å². The van der Waals surface area contributed by atoms with Gasteiger partial charge in [-0.1, -0.05) is 18.5 Å². The highest BCUT2D eigenvalue weighted by molar-refractivity contribution is 6.32. The number of hydrogen-bond acceptors (Lipinski definition) is 4. The number of likely N-dealkylation sites (tertiary alicyclic amines) is 1. The van der Waals surface area contributed by atoms with Gasteiger partial charge in [0.1, 0.15) is 5.02 Å². The Labute approximate surface area is 128 Å². The van der Waals surface area contributed by atoms with E-state index in [1.54, 1.807) is 0 Å². The molecule has 1 fully saturated rings. The summed E-state index contributed by atoms with van der Waals surface area (Å²) in [6, 6.07) is 4.19. The largest absolute Gasteiger partial charge is 0.349 e. The van der Waals surface area contributed by atoms with Crippen molar-refractivity contribution in [2.45, 2.75) is 19.4 Å². The second-order valence-electron chi connectivity index (χ2n) is 5.53. The van der Waals surface area contributed by atoms with Gasteiger partial charge in [0, 0.05) is 24.2 Å². The van der Waals surface area contributed by atoms with Crippen LogP contribution >= 0.6 is 11.6 Å². The minimum Gasteiger partial charge on any atom is -0.349 e. The summed E-state index contributed by atoms with van der Waals surface area (Å²) in [5.41, 5.74) is 0.0120. The van der Waals surface area contributed by atoms with Crippen LogP contribution in [0.2, 0.25) is 5.02 Å². The van der Waals surface area contributed by atoms with Crippen LogP contribution in [0, 0.1) is 16.0 Å². The Morgan fingerprint density at radius 1 is 1.52 bits per heavy atom. The van der Waals surface area contributed by atoms with Crippen LogP contribution in [0.25, 0.3) is 0 Å². The van der Waals surface area contributed by atoms with Crippen molar-refractivity contribution in [3.63, 3.8) is 0 Å². The number of carbonyl (C=O) groups excluding carboxylic acids is 1. The Bertz CT molecular complexity index is 564. The maximum atomic E-state index is 12.2. The second kappa shape index (κ2) is 6.41. The van der Waals surface area contributed by atoms with Crippen LogP contribution in [0.4, 0.5) is 5.69 Å². The Balaban J connectivity index is 2.10. The molecule has 1 saturated heterocycles. The summed E-state index contributed by atoms with van der Waals surface area (Å²) in [5, 5.41) is 13.9. The molecule has 2 unspecified atom stereocenters. The molecule has 21 heavy (non-hydrogen) atoms. The van der Waals surface area contributed by atoms with Crippen molar-refractivity contribution >= 4 is 23.2 Å². The van der Waals surface area contributed by atoms with Gasteiger partial charge in [0.15, 0.2) is 0 Å². The zero-order valence-corrected chi connectivity index (χ0v) is 12.8. The lowest BCUT2D eigenvalue weighted by Crippen LogP contribution is -2.48. The molecule has 7 heteroatoms. The van der Waals surface area contributed by atoms with E-state index in [0.717, 1.165) is 19.5 Å². The van der Waals surface area contributed by atoms with Gasteiger partial charge in [0.25, 0.3) is 11.6 Å². The van der Waals surface area contributed by atoms with Crippen molar-refractivity contribution in [2.24, 2.45) is 5.92 Å². The lowest BCUT2D eigenvalue weighted by atomic mass is 9.94. The van der Waals surface area contributed by atoms with Gasteiger partial charge in [-0.25, -0.2) is 0 Å². The summed E-state index contributed by atoms with van der Waals surface area (Å²) in [4.78, 5) is 24.7. The predicted molar refractivity (Wildman–Crippen MR) is 80.6 cm³/mol. The molecule has 1 aliphatic rings. The molecule has 114 valence electrons. The van der Waals surface area contributed by atoms with E-state index < -0.39 is 4.92 Å². The van der Waals surface area contributed by atoms with E-state index in [2.05, 4.69) is 24.2 Å². The molecule has 2 rings (SSSR count). The molecule has 1 aromatic rings. The number of piperidine rings is 1. The van der Waals surface area contributed by atoms with E-state index in [0.29, 0.717) is 5.92 Å². The SMILES string of the molecule is CC1CN(C)CCC1NC(=O)c1ccc(Cl)c([N+](=O)[O-])c1. The zero-order valence-electron chi connectivity index (χ0n) is 12.0. The molecule has 0 aliphatic carbocycles. The van der Waals surface area contributed by atoms with Gasteiger partial charge < -0.3 is 10.2 Å². The number of nitrogens with one attached hydrogen (secondary N) is 1. The highest BCUT2D eigenvalue weighted by atomic mass is 35.5. The fourth-order valence-electron chi connectivity index (χ4n) is 2.61. The summed E-state index contributed by atoms with van der Waals surface area (Å²) in [5.74, 6) is 0.0474. The van der Waals surface area contributed by atoms with Crippen LogP contribution in [0.5, 0.6) is 0 Å². The molecule has 1 N–H and O–H groups in total. The van der Waals surface area contributed by atoms with Crippen LogP contribution in [0.15, 0.2) is 18.2 Å². The summed E-state index contributed by atoms with van der Waals surface area (Å²) in [7, 11) is 2.05. The van der Waals surface area contributed by atoms with E-state index in [-0.39, 0.29) is 28.2 Å². The molecular weight excluding hydrogens is 294 g/mol. The first-order valence-corrected chi connectivity index (χ1v) is 7.19. The van der Waals surface area contributed by atoms with Crippen molar-refractivity contribution in [1.29, 1.82) is 0 Å². The summed E-state index contributed by atoms with van der Waals surface area (Å²) < 4.78 is 0. The average molecular weight is 312 g/mol. The van der Waals surface area contributed by atoms with Crippen molar-refractivity contribution < 1.29 is 9.72 Å². The van der Waals surface area contributed by atoms with Gasteiger partial charge in [-0.2, -0.15) is 0 Å². The number of nitrogens with zero attached hydrogens (tertiary/aromatic N) is 2. The molecule has 0 saturated carbocycles. The smallest absolute Gasteiger partial charge is 0.288 e. The summed E-state index contributed by atoms with van der Waals surface area (Å²) in [6.07, 6.45) is 0.874. The molecule has 0 radical (unpaired) electrons. The summed E-state index contributed by atoms with van der Waals surface area (Å²) >= 11 is 5.75. The number of halogens is 1. The van der Waals surface area contributed by atoms with Gasteiger partial charge in [-0.3, -0.25) is 14.9 Å². The van der Waals surface area contributed by atoms with Crippen molar-refractivity contribution in [2.75, 3.05) is 20.1 Å². The fourth-order valence-corrected chi connectivity index (χ4v) is 2.80. The Morgan fingerprint density at radius 3 is 2.86 bits per heavy atom. The molecule has 0 bridgehead atoms. The minimum absolute atomic E-state index is 0.0317. The van der Waals surface area contributed by atoms with E-state index in [1.807, 2.05) is 0 Å². The molecule has 0 aromatic heterocycles. The second-order valence-corrected chi connectivity index (χ2v) is 5.94. The maximum Gasteiger partial charge on any atom is 0.288 e. The van der Waals surface area contributed by atoms with Gasteiger partial charge in [0.2, 0.25) is 0 Å². The van der Waals surface area contributed by atoms with Gasteiger partial charge >= 0.3 is 0 Å². The Kier molecular flexibility index (Phi) is 4.80. The highest BCUT2D eigenvalue weighted by Crippen LogP contribution is 2.25. The maximum absolute atomic E-state index is 12.2. The Morgan fingerprint density at radius 2 is 2.24 bits per heavy atom. The van der Waals surface area contributed by atoms with Crippen LogP contribution in [-0.4, -0.2) is 41.9 Å². The Hall–Kier alpha value is -1.66. The molecular formula is C14H18ClN3O3. The van der Waals surface area contributed by atoms with Crippen LogP contribution in [0.1, 0.15) is 23.7 Å². The highest BCUT2D eigenvalue weighted by Gasteiger charge is 2.26. The van der Waals surface area contributed by atoms with Crippen LogP contribution in [-0.2, 0) is 0 Å². The van der Waals surface area contributed by atoms with Crippen molar-refractivity contribution in [1.82, 2.24) is 10.2 Å². The number of nitro groups is 1. The van der Waals surface area contributed by atoms with Crippen LogP contribution < -0.4 is 5.32 Å². The van der Waals surface area contributed by atoms with Gasteiger partial charge in [-0.15, -0.1) is 0 Å². The lowest BCUT2D eigenvalue weighted by Gasteiger charge is -2.35. The number of benzene rings is 1. The van der Waals surface area contributed by atoms with Crippen molar-refractivity contribution in [3.05, 3.63) is 38.9 Å². The lowest BCUT2D eigenvalue weighted by molar-refractivity contribution is -0.384. The minimum atomic E-state index is -0.586. The third kappa shape index (κ3) is 3.71. The van der Waals surface area contributed by atoms with E-state index in [9.17, 15) is 14.9 Å². The van der Waals surface area contributed by atoms with Gasteiger partial charge in [0.05, 0.1) is 4.92 Å². The number of hydrogen-bond donors (Lipinski definition) is 1.